The Hall–Kier alpha value is -3.28. The third-order valence-electron chi connectivity index (χ3n) is 4.14. The molecule has 0 bridgehead atoms. The molecule has 3 aromatic rings. The van der Waals surface area contributed by atoms with Gasteiger partial charge in [0.2, 0.25) is 0 Å². The quantitative estimate of drug-likeness (QED) is 0.718. The predicted molar refractivity (Wildman–Crippen MR) is 95.1 cm³/mol. The lowest BCUT2D eigenvalue weighted by Gasteiger charge is -2.12. The second-order valence-corrected chi connectivity index (χ2v) is 6.27. The van der Waals surface area contributed by atoms with Crippen molar-refractivity contribution in [2.24, 2.45) is 0 Å². The molecule has 124 valence electrons. The highest BCUT2D eigenvalue weighted by Gasteiger charge is 2.26. The highest BCUT2D eigenvalue weighted by atomic mass is 16.2. The molecule has 2 aromatic carbocycles. The van der Waals surface area contributed by atoms with E-state index in [4.69, 9.17) is 0 Å². The summed E-state index contributed by atoms with van der Waals surface area (Å²) in [6.07, 6.45) is 0. The first-order chi connectivity index (χ1) is 12.0. The lowest BCUT2D eigenvalue weighted by molar-refractivity contribution is 0.0879. The maximum Gasteiger partial charge on any atom is 0.259 e. The monoisotopic (exact) mass is 332 g/mol. The van der Waals surface area contributed by atoms with E-state index >= 15 is 0 Å². The number of hydrogen-bond donors (Lipinski definition) is 2. The molecule has 0 aliphatic carbocycles. The van der Waals surface area contributed by atoms with Gasteiger partial charge in [-0.05, 0) is 30.3 Å². The van der Waals surface area contributed by atoms with Gasteiger partial charge in [-0.2, -0.15) is 0 Å². The van der Waals surface area contributed by atoms with Crippen molar-refractivity contribution in [1.82, 2.24) is 15.3 Å². The number of para-hydroxylation sites is 1. The number of aromatic nitrogens is 2. The zero-order valence-electron chi connectivity index (χ0n) is 13.8. The van der Waals surface area contributed by atoms with E-state index in [1.807, 2.05) is 38.1 Å². The third-order valence-corrected chi connectivity index (χ3v) is 4.14. The van der Waals surface area contributed by atoms with E-state index in [9.17, 15) is 9.59 Å². The van der Waals surface area contributed by atoms with Gasteiger partial charge in [0.25, 0.3) is 11.8 Å². The molecule has 1 aliphatic rings. The van der Waals surface area contributed by atoms with Gasteiger partial charge in [-0.15, -0.1) is 0 Å². The fourth-order valence-electron chi connectivity index (χ4n) is 2.83. The number of carbonyl (C=O) groups is 2. The smallest absolute Gasteiger partial charge is 0.259 e. The molecular formula is C19H16N4O2. The summed E-state index contributed by atoms with van der Waals surface area (Å²) in [5, 5.41) is 6.46. The maximum atomic E-state index is 11.9. The fraction of sp³-hybridized carbons (Fsp3) is 0.158. The van der Waals surface area contributed by atoms with Crippen molar-refractivity contribution in [1.29, 1.82) is 0 Å². The summed E-state index contributed by atoms with van der Waals surface area (Å²) in [5.41, 5.74) is 2.32. The Morgan fingerprint density at radius 1 is 0.960 bits per heavy atom. The summed E-state index contributed by atoms with van der Waals surface area (Å²) in [4.78, 5) is 32.7. The van der Waals surface area contributed by atoms with Crippen LogP contribution in [0.3, 0.4) is 0 Å². The normalized spacial score (nSPS) is 13.2. The Morgan fingerprint density at radius 2 is 1.72 bits per heavy atom. The van der Waals surface area contributed by atoms with Gasteiger partial charge in [0.1, 0.15) is 11.6 Å². The van der Waals surface area contributed by atoms with Crippen LogP contribution in [0.25, 0.3) is 10.9 Å². The SMILES string of the molecule is CC(C)c1nc(Nc2ccc3c(c2)C(=O)NC3=O)c2ccccc2n1. The van der Waals surface area contributed by atoms with Crippen molar-refractivity contribution < 1.29 is 9.59 Å². The van der Waals surface area contributed by atoms with Gasteiger partial charge in [0, 0.05) is 17.0 Å². The molecule has 0 saturated heterocycles. The molecule has 25 heavy (non-hydrogen) atoms. The maximum absolute atomic E-state index is 11.9. The molecular weight excluding hydrogens is 316 g/mol. The van der Waals surface area contributed by atoms with Crippen molar-refractivity contribution in [3.05, 3.63) is 59.4 Å². The van der Waals surface area contributed by atoms with Crippen LogP contribution in [0.15, 0.2) is 42.5 Å². The third kappa shape index (κ3) is 2.61. The average molecular weight is 332 g/mol. The molecule has 0 radical (unpaired) electrons. The Morgan fingerprint density at radius 3 is 2.52 bits per heavy atom. The Bertz CT molecular complexity index is 1030. The van der Waals surface area contributed by atoms with E-state index in [0.717, 1.165) is 16.7 Å². The molecule has 6 heteroatoms. The first kappa shape index (κ1) is 15.3. The van der Waals surface area contributed by atoms with Gasteiger partial charge >= 0.3 is 0 Å². The lowest BCUT2D eigenvalue weighted by atomic mass is 10.1. The van der Waals surface area contributed by atoms with Gasteiger partial charge < -0.3 is 5.32 Å². The van der Waals surface area contributed by atoms with E-state index in [2.05, 4.69) is 20.6 Å². The summed E-state index contributed by atoms with van der Waals surface area (Å²) in [6, 6.07) is 12.8. The van der Waals surface area contributed by atoms with Crippen LogP contribution >= 0.6 is 0 Å². The van der Waals surface area contributed by atoms with Gasteiger partial charge in [-0.3, -0.25) is 14.9 Å². The molecule has 0 atom stereocenters. The number of fused-ring (bicyclic) bond motifs is 2. The summed E-state index contributed by atoms with van der Waals surface area (Å²) in [7, 11) is 0. The van der Waals surface area contributed by atoms with Gasteiger partial charge in [0.05, 0.1) is 16.6 Å². The minimum absolute atomic E-state index is 0.188. The first-order valence-corrected chi connectivity index (χ1v) is 8.06. The minimum atomic E-state index is -0.376. The fourth-order valence-corrected chi connectivity index (χ4v) is 2.83. The van der Waals surface area contributed by atoms with Crippen molar-refractivity contribution >= 4 is 34.2 Å². The Kier molecular flexibility index (Phi) is 3.46. The molecule has 2 N–H and O–H groups in total. The average Bonchev–Trinajstić information content (AvgIpc) is 2.88. The second-order valence-electron chi connectivity index (χ2n) is 6.27. The number of anilines is 2. The standard InChI is InChI=1S/C19H16N4O2/c1-10(2)16-21-15-6-4-3-5-13(15)17(22-16)20-11-7-8-12-14(9-11)19(25)23-18(12)24/h3-10H,1-2H3,(H,20,21,22)(H,23,24,25). The molecule has 1 aromatic heterocycles. The van der Waals surface area contributed by atoms with Crippen LogP contribution < -0.4 is 10.6 Å². The highest BCUT2D eigenvalue weighted by molar-refractivity contribution is 6.21. The number of amides is 2. The number of nitrogens with one attached hydrogen (secondary N) is 2. The van der Waals surface area contributed by atoms with E-state index in [1.54, 1.807) is 18.2 Å². The molecule has 0 spiro atoms. The van der Waals surface area contributed by atoms with E-state index in [-0.39, 0.29) is 17.7 Å². The first-order valence-electron chi connectivity index (χ1n) is 8.06. The van der Waals surface area contributed by atoms with Crippen LogP contribution in [0.4, 0.5) is 11.5 Å². The van der Waals surface area contributed by atoms with Crippen molar-refractivity contribution in [2.45, 2.75) is 19.8 Å². The van der Waals surface area contributed by atoms with E-state index in [0.29, 0.717) is 22.6 Å². The molecule has 2 amide bonds. The molecule has 1 aliphatic heterocycles. The van der Waals surface area contributed by atoms with Gasteiger partial charge in [-0.1, -0.05) is 26.0 Å². The Labute approximate surface area is 144 Å². The highest BCUT2D eigenvalue weighted by Crippen LogP contribution is 2.27. The molecule has 2 heterocycles. The van der Waals surface area contributed by atoms with Crippen LogP contribution in [-0.2, 0) is 0 Å². The van der Waals surface area contributed by atoms with Crippen LogP contribution in [0.1, 0.15) is 46.3 Å². The molecule has 0 saturated carbocycles. The van der Waals surface area contributed by atoms with Gasteiger partial charge in [0.15, 0.2) is 0 Å². The zero-order valence-corrected chi connectivity index (χ0v) is 13.8. The number of carbonyl (C=O) groups excluding carboxylic acids is 2. The summed E-state index contributed by atoms with van der Waals surface area (Å²) >= 11 is 0. The van der Waals surface area contributed by atoms with Crippen LogP contribution in [-0.4, -0.2) is 21.8 Å². The summed E-state index contributed by atoms with van der Waals surface area (Å²) in [6.45, 7) is 4.08. The van der Waals surface area contributed by atoms with Crippen molar-refractivity contribution in [3.63, 3.8) is 0 Å². The number of hydrogen-bond acceptors (Lipinski definition) is 5. The van der Waals surface area contributed by atoms with Crippen LogP contribution in [0.5, 0.6) is 0 Å². The largest absolute Gasteiger partial charge is 0.340 e. The van der Waals surface area contributed by atoms with Gasteiger partial charge in [-0.25, -0.2) is 9.97 Å². The van der Waals surface area contributed by atoms with Crippen LogP contribution in [0.2, 0.25) is 0 Å². The topological polar surface area (TPSA) is 84.0 Å². The number of rotatable bonds is 3. The van der Waals surface area contributed by atoms with E-state index < -0.39 is 0 Å². The van der Waals surface area contributed by atoms with Crippen LogP contribution in [0, 0.1) is 0 Å². The zero-order chi connectivity index (χ0) is 17.6. The molecule has 4 rings (SSSR count). The summed E-state index contributed by atoms with van der Waals surface area (Å²) in [5.74, 6) is 0.878. The number of benzene rings is 2. The number of imide groups is 1. The Balaban J connectivity index is 1.80. The van der Waals surface area contributed by atoms with E-state index in [1.165, 1.54) is 0 Å². The lowest BCUT2D eigenvalue weighted by Crippen LogP contribution is -2.19. The molecule has 6 nitrogen and oxygen atoms in total. The number of nitrogens with zero attached hydrogens (tertiary/aromatic N) is 2. The second kappa shape index (κ2) is 5.66. The summed E-state index contributed by atoms with van der Waals surface area (Å²) < 4.78 is 0. The van der Waals surface area contributed by atoms with Crippen molar-refractivity contribution in [2.75, 3.05) is 5.32 Å². The minimum Gasteiger partial charge on any atom is -0.340 e. The molecule has 0 fully saturated rings. The molecule has 0 unspecified atom stereocenters. The predicted octanol–water partition coefficient (Wildman–Crippen LogP) is 3.38. The van der Waals surface area contributed by atoms with Crippen molar-refractivity contribution in [3.8, 4) is 0 Å².